The number of piperidine rings is 1. The molecule has 0 aromatic heterocycles. The first-order valence-corrected chi connectivity index (χ1v) is 18.5. The Kier molecular flexibility index (Phi) is 12.2. The maximum Gasteiger partial charge on any atom is 0.306 e. The number of fused-ring (bicyclic) bond motifs is 1. The van der Waals surface area contributed by atoms with Gasteiger partial charge in [-0.05, 0) is 118 Å². The third kappa shape index (κ3) is 8.67. The van der Waals surface area contributed by atoms with Crippen LogP contribution in [-0.2, 0) is 19.1 Å². The number of carbonyl (C=O) groups excluding carboxylic acids is 3. The van der Waals surface area contributed by atoms with Gasteiger partial charge < -0.3 is 10.1 Å². The smallest absolute Gasteiger partial charge is 0.306 e. The summed E-state index contributed by atoms with van der Waals surface area (Å²) in [5.74, 6) is -0.158. The summed E-state index contributed by atoms with van der Waals surface area (Å²) in [4.78, 5) is 39.3. The maximum absolute atomic E-state index is 13.4. The molecule has 6 nitrogen and oxygen atoms in total. The second-order valence-corrected chi connectivity index (χ2v) is 18.1. The molecule has 2 aliphatic carbocycles. The summed E-state index contributed by atoms with van der Waals surface area (Å²) in [5, 5.41) is 13.3. The minimum atomic E-state index is -0.692. The van der Waals surface area contributed by atoms with Gasteiger partial charge in [0.25, 0.3) is 0 Å². The Bertz CT molecular complexity index is 1280. The van der Waals surface area contributed by atoms with E-state index >= 15 is 0 Å². The lowest BCUT2D eigenvalue weighted by molar-refractivity contribution is -0.151. The predicted molar refractivity (Wildman–Crippen MR) is 190 cm³/mol. The van der Waals surface area contributed by atoms with E-state index in [1.165, 1.54) is 6.42 Å². The van der Waals surface area contributed by atoms with Gasteiger partial charge in [0.1, 0.15) is 12.2 Å². The molecule has 0 bridgehead atoms. The maximum atomic E-state index is 13.4. The van der Waals surface area contributed by atoms with Crippen LogP contribution in [0.5, 0.6) is 0 Å². The number of ether oxygens (including phenoxy) is 1. The molecule has 3 aliphatic rings. The van der Waals surface area contributed by atoms with E-state index < -0.39 is 10.8 Å². The molecule has 2 fully saturated rings. The van der Waals surface area contributed by atoms with E-state index in [-0.39, 0.29) is 56.8 Å². The van der Waals surface area contributed by atoms with Gasteiger partial charge in [0.2, 0.25) is 0 Å². The number of nitrogens with one attached hydrogen (secondary N) is 1. The highest BCUT2D eigenvalue weighted by Crippen LogP contribution is 2.67. The first kappa shape index (κ1) is 39.2. The second-order valence-electron chi connectivity index (χ2n) is 18.1. The minimum Gasteiger partial charge on any atom is -0.462 e. The number of allylic oxidation sites excluding steroid dienone is 4. The highest BCUT2D eigenvalue weighted by atomic mass is 16.5. The summed E-state index contributed by atoms with van der Waals surface area (Å²) in [6.07, 6.45) is 14.9. The third-order valence-electron chi connectivity index (χ3n) is 13.1. The van der Waals surface area contributed by atoms with Crippen molar-refractivity contribution < 1.29 is 19.1 Å². The van der Waals surface area contributed by atoms with Crippen LogP contribution >= 0.6 is 0 Å². The highest BCUT2D eigenvalue weighted by Gasteiger charge is 2.61. The number of hydrogen-bond acceptors (Lipinski definition) is 6. The van der Waals surface area contributed by atoms with Gasteiger partial charge in [-0.25, -0.2) is 0 Å². The van der Waals surface area contributed by atoms with Crippen molar-refractivity contribution in [2.24, 2.45) is 38.4 Å². The van der Waals surface area contributed by atoms with Crippen molar-refractivity contribution in [2.75, 3.05) is 13.1 Å². The summed E-state index contributed by atoms with van der Waals surface area (Å²) in [7, 11) is 0. The predicted octanol–water partition coefficient (Wildman–Crippen LogP) is 9.48. The second kappa shape index (κ2) is 14.7. The molecule has 4 atom stereocenters. The quantitative estimate of drug-likeness (QED) is 0.149. The molecule has 3 rings (SSSR count). The van der Waals surface area contributed by atoms with Gasteiger partial charge in [-0.15, -0.1) is 0 Å². The number of hydrogen-bond donors (Lipinski definition) is 1. The fourth-order valence-electron chi connectivity index (χ4n) is 9.38. The Hall–Kier alpha value is -2.26. The molecule has 0 aromatic rings. The molecule has 0 aromatic carbocycles. The SMILES string of the molecule is CCCC(C)(C)CC[C@](C)(CCC(=O)OC1CCNCC1)CCC(C)(C)[C@]1(C)CC[C@H]2C(C)(C)C(=O)C(C#N)=C[C@]2(C)/C1=C/C(C)=O. The summed E-state index contributed by atoms with van der Waals surface area (Å²) in [5.41, 5.74) is -0.310. The van der Waals surface area contributed by atoms with Gasteiger partial charge >= 0.3 is 5.97 Å². The number of carbonyl (C=O) groups is 3. The molecule has 0 unspecified atom stereocenters. The van der Waals surface area contributed by atoms with E-state index in [0.29, 0.717) is 6.42 Å². The van der Waals surface area contributed by atoms with Crippen LogP contribution in [0.15, 0.2) is 23.3 Å². The van der Waals surface area contributed by atoms with Crippen LogP contribution in [-0.4, -0.2) is 36.7 Å². The van der Waals surface area contributed by atoms with Crippen LogP contribution in [0.4, 0.5) is 0 Å². The molecule has 47 heavy (non-hydrogen) atoms. The molecule has 1 saturated heterocycles. The molecule has 6 heteroatoms. The third-order valence-corrected chi connectivity index (χ3v) is 13.1. The Balaban J connectivity index is 1.92. The molecular weight excluding hydrogens is 584 g/mol. The monoisotopic (exact) mass is 651 g/mol. The molecule has 1 saturated carbocycles. The lowest BCUT2D eigenvalue weighted by Crippen LogP contribution is -2.55. The number of nitrogens with zero attached hydrogens (tertiary/aromatic N) is 1. The Morgan fingerprint density at radius 3 is 2.17 bits per heavy atom. The Labute approximate surface area is 286 Å². The number of Topliss-reactive ketones (excluding diaryl/α,β-unsaturated/α-hetero) is 1. The normalized spacial score (nSPS) is 29.0. The van der Waals surface area contributed by atoms with E-state index in [9.17, 15) is 19.6 Å². The van der Waals surface area contributed by atoms with Gasteiger partial charge in [0, 0.05) is 17.3 Å². The van der Waals surface area contributed by atoms with Crippen molar-refractivity contribution >= 4 is 17.5 Å². The first-order chi connectivity index (χ1) is 21.7. The number of rotatable bonds is 14. The van der Waals surface area contributed by atoms with Crippen LogP contribution in [0, 0.1) is 49.7 Å². The molecule has 0 spiro atoms. The molecule has 0 amide bonds. The number of ketones is 2. The van der Waals surface area contributed by atoms with Crippen LogP contribution in [0.25, 0.3) is 0 Å². The lowest BCUT2D eigenvalue weighted by atomic mass is 9.42. The fraction of sp³-hybridized carbons (Fsp3) is 0.805. The lowest BCUT2D eigenvalue weighted by Gasteiger charge is -2.61. The van der Waals surface area contributed by atoms with E-state index in [0.717, 1.165) is 82.9 Å². The van der Waals surface area contributed by atoms with Crippen molar-refractivity contribution in [3.8, 4) is 6.07 Å². The van der Waals surface area contributed by atoms with Gasteiger partial charge in [-0.3, -0.25) is 14.4 Å². The summed E-state index contributed by atoms with van der Waals surface area (Å²) >= 11 is 0. The van der Waals surface area contributed by atoms with E-state index in [2.05, 4.69) is 66.8 Å². The summed E-state index contributed by atoms with van der Waals surface area (Å²) < 4.78 is 5.91. The van der Waals surface area contributed by atoms with Crippen LogP contribution in [0.3, 0.4) is 0 Å². The van der Waals surface area contributed by atoms with Crippen LogP contribution in [0.1, 0.15) is 153 Å². The topological polar surface area (TPSA) is 96.3 Å². The van der Waals surface area contributed by atoms with E-state index in [1.807, 2.05) is 26.0 Å². The molecule has 1 aliphatic heterocycles. The average molecular weight is 651 g/mol. The molecule has 0 radical (unpaired) electrons. The van der Waals surface area contributed by atoms with Crippen molar-refractivity contribution in [1.29, 1.82) is 5.26 Å². The van der Waals surface area contributed by atoms with Crippen molar-refractivity contribution in [1.82, 2.24) is 5.32 Å². The van der Waals surface area contributed by atoms with Gasteiger partial charge in [0.15, 0.2) is 11.6 Å². The zero-order valence-corrected chi connectivity index (χ0v) is 31.8. The number of esters is 1. The van der Waals surface area contributed by atoms with Gasteiger partial charge in [-0.1, -0.05) is 87.3 Å². The highest BCUT2D eigenvalue weighted by molar-refractivity contribution is 6.04. The largest absolute Gasteiger partial charge is 0.462 e. The zero-order valence-electron chi connectivity index (χ0n) is 31.8. The van der Waals surface area contributed by atoms with E-state index in [1.54, 1.807) is 6.92 Å². The first-order valence-electron chi connectivity index (χ1n) is 18.5. The molecule has 1 heterocycles. The van der Waals surface area contributed by atoms with Crippen molar-refractivity contribution in [2.45, 2.75) is 159 Å². The molecule has 1 N–H and O–H groups in total. The van der Waals surface area contributed by atoms with Crippen molar-refractivity contribution in [3.63, 3.8) is 0 Å². The Morgan fingerprint density at radius 2 is 1.60 bits per heavy atom. The summed E-state index contributed by atoms with van der Waals surface area (Å²) in [6.45, 7) is 25.9. The zero-order chi connectivity index (χ0) is 35.5. The number of nitriles is 1. The molecule has 264 valence electrons. The van der Waals surface area contributed by atoms with Crippen LogP contribution < -0.4 is 5.32 Å². The van der Waals surface area contributed by atoms with E-state index in [4.69, 9.17) is 4.74 Å². The summed E-state index contributed by atoms with van der Waals surface area (Å²) in [6, 6.07) is 2.19. The minimum absolute atomic E-state index is 0.000710. The molecular formula is C41H66N2O4. The average Bonchev–Trinajstić information content (AvgIpc) is 2.98. The Morgan fingerprint density at radius 1 is 0.979 bits per heavy atom. The fourth-order valence-corrected chi connectivity index (χ4v) is 9.38. The van der Waals surface area contributed by atoms with Crippen LogP contribution in [0.2, 0.25) is 0 Å². The van der Waals surface area contributed by atoms with Crippen molar-refractivity contribution in [3.05, 3.63) is 23.3 Å². The van der Waals surface area contributed by atoms with Gasteiger partial charge in [-0.2, -0.15) is 5.26 Å². The standard InChI is InChI=1S/C41H66N2O4/c1-12-17-36(3,4)20-22-39(9,18-14-34(45)47-31-15-24-43-25-16-31)23-21-37(5,6)41(11)19-13-32-38(7,8)35(46)30(28-42)27-40(32,10)33(41)26-29(2)44/h26-27,31-32,43H,12-25H2,1-11H3/b33-26-/t32-,39-,40-,41+/m0/s1. The van der Waals surface area contributed by atoms with Gasteiger partial charge in [0.05, 0.1) is 5.57 Å².